The highest BCUT2D eigenvalue weighted by atomic mass is 32.1. The number of nitrogens with zero attached hydrogens (tertiary/aromatic N) is 2. The molecule has 0 saturated heterocycles. The van der Waals surface area contributed by atoms with E-state index in [1.54, 1.807) is 23.5 Å². The van der Waals surface area contributed by atoms with Crippen LogP contribution in [0.3, 0.4) is 0 Å². The first-order valence-corrected chi connectivity index (χ1v) is 8.58. The summed E-state index contributed by atoms with van der Waals surface area (Å²) in [7, 11) is 0. The monoisotopic (exact) mass is 348 g/mol. The largest absolute Gasteiger partial charge is 0.385 e. The van der Waals surface area contributed by atoms with Gasteiger partial charge in [0, 0.05) is 49.1 Å². The molecule has 0 saturated carbocycles. The number of non-ortho nitro benzene ring substituents is 1. The first-order valence-electron chi connectivity index (χ1n) is 7.70. The van der Waals surface area contributed by atoms with Gasteiger partial charge in [-0.05, 0) is 25.5 Å². The molecule has 1 amide bonds. The zero-order chi connectivity index (χ0) is 17.4. The summed E-state index contributed by atoms with van der Waals surface area (Å²) in [6, 6.07) is 6.23. The van der Waals surface area contributed by atoms with E-state index in [4.69, 9.17) is 0 Å². The van der Waals surface area contributed by atoms with E-state index in [1.807, 2.05) is 12.3 Å². The number of carbonyl (C=O) groups excluding carboxylic acids is 1. The van der Waals surface area contributed by atoms with Gasteiger partial charge in [0.05, 0.1) is 15.6 Å². The molecule has 2 aromatic rings. The molecule has 1 heterocycles. The number of amides is 1. The molecule has 7 nitrogen and oxygen atoms in total. The van der Waals surface area contributed by atoms with Gasteiger partial charge in [-0.15, -0.1) is 11.3 Å². The molecular formula is C16H20N4O3S. The molecule has 0 radical (unpaired) electrons. The Morgan fingerprint density at radius 3 is 2.67 bits per heavy atom. The van der Waals surface area contributed by atoms with Gasteiger partial charge in [-0.3, -0.25) is 14.9 Å². The Balaban J connectivity index is 1.58. The van der Waals surface area contributed by atoms with Gasteiger partial charge in [-0.2, -0.15) is 0 Å². The Labute approximate surface area is 144 Å². The highest BCUT2D eigenvalue weighted by molar-refractivity contribution is 7.09. The number of thiazole rings is 1. The molecule has 24 heavy (non-hydrogen) atoms. The van der Waals surface area contributed by atoms with Crippen molar-refractivity contribution in [3.63, 3.8) is 0 Å². The molecule has 2 rings (SSSR count). The van der Waals surface area contributed by atoms with E-state index in [0.29, 0.717) is 25.9 Å². The lowest BCUT2D eigenvalue weighted by atomic mass is 10.2. The fraction of sp³-hybridized carbons (Fsp3) is 0.375. The van der Waals surface area contributed by atoms with E-state index in [0.717, 1.165) is 22.8 Å². The molecule has 0 aliphatic rings. The number of nitro benzene ring substituents is 1. The topological polar surface area (TPSA) is 97.2 Å². The number of anilines is 1. The predicted octanol–water partition coefficient (Wildman–Crippen LogP) is 2.91. The first kappa shape index (κ1) is 17.9. The van der Waals surface area contributed by atoms with Crippen LogP contribution in [-0.2, 0) is 11.2 Å². The maximum atomic E-state index is 11.7. The smallest absolute Gasteiger partial charge is 0.269 e. The van der Waals surface area contributed by atoms with E-state index in [2.05, 4.69) is 15.6 Å². The van der Waals surface area contributed by atoms with Crippen molar-refractivity contribution >= 4 is 28.6 Å². The minimum atomic E-state index is -0.430. The van der Waals surface area contributed by atoms with E-state index < -0.39 is 4.92 Å². The standard InChI is InChI=1S/C16H20N4O3S/c1-12-19-14(11-24-12)8-10-18-16(21)3-2-9-17-13-4-6-15(7-5-13)20(22)23/h4-7,11,17H,2-3,8-10H2,1H3,(H,18,21). The summed E-state index contributed by atoms with van der Waals surface area (Å²) in [5, 5.41) is 19.6. The quantitative estimate of drug-likeness (QED) is 0.412. The first-order chi connectivity index (χ1) is 11.5. The van der Waals surface area contributed by atoms with Gasteiger partial charge >= 0.3 is 0 Å². The molecule has 1 aromatic carbocycles. The molecule has 2 N–H and O–H groups in total. The molecule has 0 fully saturated rings. The van der Waals surface area contributed by atoms with Crippen LogP contribution in [0, 0.1) is 17.0 Å². The van der Waals surface area contributed by atoms with Crippen LogP contribution in [0.5, 0.6) is 0 Å². The van der Waals surface area contributed by atoms with Crippen molar-refractivity contribution < 1.29 is 9.72 Å². The number of hydrogen-bond acceptors (Lipinski definition) is 6. The molecular weight excluding hydrogens is 328 g/mol. The normalized spacial score (nSPS) is 10.4. The van der Waals surface area contributed by atoms with Crippen molar-refractivity contribution in [1.29, 1.82) is 0 Å². The fourth-order valence-electron chi connectivity index (χ4n) is 2.12. The third-order valence-corrected chi connectivity index (χ3v) is 4.18. The Morgan fingerprint density at radius 1 is 1.29 bits per heavy atom. The maximum Gasteiger partial charge on any atom is 0.269 e. The molecule has 128 valence electrons. The number of hydrogen-bond donors (Lipinski definition) is 2. The molecule has 1 aromatic heterocycles. The minimum absolute atomic E-state index is 0.0208. The van der Waals surface area contributed by atoms with Crippen LogP contribution in [0.4, 0.5) is 11.4 Å². The molecule has 8 heteroatoms. The lowest BCUT2D eigenvalue weighted by Crippen LogP contribution is -2.26. The van der Waals surface area contributed by atoms with Crippen LogP contribution in [0.15, 0.2) is 29.6 Å². The molecule has 0 aliphatic carbocycles. The number of aromatic nitrogens is 1. The van der Waals surface area contributed by atoms with Gasteiger partial charge < -0.3 is 10.6 Å². The number of aryl methyl sites for hydroxylation is 1. The van der Waals surface area contributed by atoms with Crippen molar-refractivity contribution in [3.8, 4) is 0 Å². The number of nitro groups is 1. The summed E-state index contributed by atoms with van der Waals surface area (Å²) in [5.74, 6) is 0.0208. The Hall–Kier alpha value is -2.48. The van der Waals surface area contributed by atoms with Crippen LogP contribution in [0.25, 0.3) is 0 Å². The van der Waals surface area contributed by atoms with Crippen molar-refractivity contribution in [3.05, 3.63) is 50.5 Å². The summed E-state index contributed by atoms with van der Waals surface area (Å²) in [4.78, 5) is 26.2. The van der Waals surface area contributed by atoms with Gasteiger partial charge in [-0.25, -0.2) is 4.98 Å². The van der Waals surface area contributed by atoms with Gasteiger partial charge in [-0.1, -0.05) is 0 Å². The lowest BCUT2D eigenvalue weighted by Gasteiger charge is -2.07. The second kappa shape index (κ2) is 8.97. The van der Waals surface area contributed by atoms with Crippen LogP contribution in [0.2, 0.25) is 0 Å². The third kappa shape index (κ3) is 5.96. The van der Waals surface area contributed by atoms with E-state index in [9.17, 15) is 14.9 Å². The summed E-state index contributed by atoms with van der Waals surface area (Å²) in [6.45, 7) is 3.19. The Bertz CT molecular complexity index is 685. The zero-order valence-corrected chi connectivity index (χ0v) is 14.3. The van der Waals surface area contributed by atoms with Crippen molar-refractivity contribution in [2.45, 2.75) is 26.2 Å². The Kier molecular flexibility index (Phi) is 6.68. The van der Waals surface area contributed by atoms with Gasteiger partial charge in [0.2, 0.25) is 5.91 Å². The van der Waals surface area contributed by atoms with Crippen molar-refractivity contribution in [1.82, 2.24) is 10.3 Å². The highest BCUT2D eigenvalue weighted by Gasteiger charge is 2.05. The number of rotatable bonds is 9. The van der Waals surface area contributed by atoms with Crippen LogP contribution < -0.4 is 10.6 Å². The van der Waals surface area contributed by atoms with E-state index in [1.165, 1.54) is 12.1 Å². The fourth-order valence-corrected chi connectivity index (χ4v) is 2.77. The third-order valence-electron chi connectivity index (χ3n) is 3.36. The molecule has 0 spiro atoms. The average Bonchev–Trinajstić information content (AvgIpc) is 2.97. The van der Waals surface area contributed by atoms with Gasteiger partial charge in [0.25, 0.3) is 5.69 Å². The lowest BCUT2D eigenvalue weighted by molar-refractivity contribution is -0.384. The summed E-state index contributed by atoms with van der Waals surface area (Å²) < 4.78 is 0. The Morgan fingerprint density at radius 2 is 2.04 bits per heavy atom. The summed E-state index contributed by atoms with van der Waals surface area (Å²) in [5.41, 5.74) is 1.88. The van der Waals surface area contributed by atoms with Crippen LogP contribution in [-0.4, -0.2) is 28.9 Å². The predicted molar refractivity (Wildman–Crippen MR) is 94.4 cm³/mol. The van der Waals surface area contributed by atoms with Crippen LogP contribution >= 0.6 is 11.3 Å². The minimum Gasteiger partial charge on any atom is -0.385 e. The van der Waals surface area contributed by atoms with E-state index >= 15 is 0 Å². The second-order valence-electron chi connectivity index (χ2n) is 5.29. The highest BCUT2D eigenvalue weighted by Crippen LogP contribution is 2.15. The molecule has 0 atom stereocenters. The van der Waals surface area contributed by atoms with E-state index in [-0.39, 0.29) is 11.6 Å². The maximum absolute atomic E-state index is 11.7. The molecule has 0 unspecified atom stereocenters. The average molecular weight is 348 g/mol. The van der Waals surface area contributed by atoms with Crippen molar-refractivity contribution in [2.75, 3.05) is 18.4 Å². The molecule has 0 bridgehead atoms. The summed E-state index contributed by atoms with van der Waals surface area (Å²) in [6.07, 6.45) is 1.88. The second-order valence-corrected chi connectivity index (χ2v) is 6.35. The summed E-state index contributed by atoms with van der Waals surface area (Å²) >= 11 is 1.61. The van der Waals surface area contributed by atoms with Crippen molar-refractivity contribution in [2.24, 2.45) is 0 Å². The van der Waals surface area contributed by atoms with Gasteiger partial charge in [0.1, 0.15) is 0 Å². The molecule has 0 aliphatic heterocycles. The van der Waals surface area contributed by atoms with Crippen LogP contribution in [0.1, 0.15) is 23.5 Å². The zero-order valence-electron chi connectivity index (χ0n) is 13.4. The number of benzene rings is 1. The number of carbonyl (C=O) groups is 1. The van der Waals surface area contributed by atoms with Gasteiger partial charge in [0.15, 0.2) is 0 Å². The number of nitrogens with one attached hydrogen (secondary N) is 2. The SMILES string of the molecule is Cc1nc(CCNC(=O)CCCNc2ccc([N+](=O)[O-])cc2)cs1.